The number of carbonyl (C=O) groups excluding carboxylic acids is 1. The molecule has 0 aliphatic carbocycles. The van der Waals surface area contributed by atoms with Gasteiger partial charge in [-0.3, -0.25) is 4.79 Å². The van der Waals surface area contributed by atoms with Gasteiger partial charge in [0.15, 0.2) is 15.0 Å². The number of sulfone groups is 1. The number of carbonyl (C=O) groups is 1. The summed E-state index contributed by atoms with van der Waals surface area (Å²) in [4.78, 5) is 19.2. The number of hydrogen-bond donors (Lipinski definition) is 1. The summed E-state index contributed by atoms with van der Waals surface area (Å²) in [6.07, 6.45) is 0.461. The summed E-state index contributed by atoms with van der Waals surface area (Å²) in [7, 11) is -6.93. The van der Waals surface area contributed by atoms with Gasteiger partial charge in [-0.05, 0) is 45.4 Å². The molecule has 12 heteroatoms. The van der Waals surface area contributed by atoms with Crippen LogP contribution in [-0.4, -0.2) is 66.5 Å². The van der Waals surface area contributed by atoms with Gasteiger partial charge in [0.2, 0.25) is 15.9 Å². The number of amides is 1. The molecule has 1 aliphatic heterocycles. The molecule has 9 nitrogen and oxygen atoms in total. The smallest absolute Gasteiger partial charge is 0.238 e. The van der Waals surface area contributed by atoms with Crippen LogP contribution in [0.2, 0.25) is 0 Å². The van der Waals surface area contributed by atoms with Crippen LogP contribution >= 0.6 is 11.8 Å². The van der Waals surface area contributed by atoms with Crippen LogP contribution < -0.4 is 5.14 Å². The average Bonchev–Trinajstić information content (AvgIpc) is 3.19. The molecule has 1 saturated heterocycles. The second-order valence-corrected chi connectivity index (χ2v) is 12.4. The monoisotopic (exact) mass is 474 g/mol. The van der Waals surface area contributed by atoms with Crippen molar-refractivity contribution in [3.63, 3.8) is 0 Å². The number of aryl methyl sites for hydroxylation is 1. The number of primary sulfonamides is 1. The minimum absolute atomic E-state index is 0.00772. The lowest BCUT2D eigenvalue weighted by Gasteiger charge is -2.29. The van der Waals surface area contributed by atoms with E-state index in [1.165, 1.54) is 23.9 Å². The molecule has 1 aliphatic rings. The van der Waals surface area contributed by atoms with E-state index in [2.05, 4.69) is 4.98 Å². The topological polar surface area (TPSA) is 132 Å². The van der Waals surface area contributed by atoms with E-state index >= 15 is 0 Å². The summed E-state index contributed by atoms with van der Waals surface area (Å²) in [5.74, 6) is -0.0149. The molecule has 0 saturated carbocycles. The molecule has 1 fully saturated rings. The molecule has 0 unspecified atom stereocenters. The first-order valence-electron chi connectivity index (χ1n) is 9.67. The van der Waals surface area contributed by atoms with Crippen LogP contribution in [0.5, 0.6) is 0 Å². The van der Waals surface area contributed by atoms with Crippen LogP contribution in [0.15, 0.2) is 28.3 Å². The highest BCUT2D eigenvalue weighted by molar-refractivity contribution is 8.00. The zero-order valence-electron chi connectivity index (χ0n) is 17.1. The van der Waals surface area contributed by atoms with E-state index in [1.54, 1.807) is 17.9 Å². The lowest BCUT2D eigenvalue weighted by atomic mass is 10.2. The zero-order chi connectivity index (χ0) is 22.3. The molecule has 1 aromatic heterocycles. The van der Waals surface area contributed by atoms with Gasteiger partial charge < -0.3 is 9.47 Å². The van der Waals surface area contributed by atoms with Gasteiger partial charge >= 0.3 is 0 Å². The van der Waals surface area contributed by atoms with E-state index in [9.17, 15) is 21.6 Å². The quantitative estimate of drug-likeness (QED) is 0.597. The van der Waals surface area contributed by atoms with E-state index in [0.717, 1.165) is 5.52 Å². The molecular formula is C18H26N4O5S3. The van der Waals surface area contributed by atoms with Crippen LogP contribution in [0, 0.1) is 0 Å². The highest BCUT2D eigenvalue weighted by atomic mass is 32.2. The van der Waals surface area contributed by atoms with Crippen LogP contribution in [-0.2, 0) is 31.2 Å². The molecule has 2 atom stereocenters. The van der Waals surface area contributed by atoms with Gasteiger partial charge in [0.25, 0.3) is 0 Å². The van der Waals surface area contributed by atoms with Crippen molar-refractivity contribution in [3.8, 4) is 0 Å². The third kappa shape index (κ3) is 4.66. The van der Waals surface area contributed by atoms with Crippen LogP contribution in [0.3, 0.4) is 0 Å². The highest BCUT2D eigenvalue weighted by Crippen LogP contribution is 2.30. The maximum atomic E-state index is 13.1. The minimum atomic E-state index is -3.84. The fourth-order valence-electron chi connectivity index (χ4n) is 3.72. The first kappa shape index (κ1) is 23.0. The predicted octanol–water partition coefficient (Wildman–Crippen LogP) is 1.22. The number of nitrogens with two attached hydrogens (primary N) is 1. The lowest BCUT2D eigenvalue weighted by Crippen LogP contribution is -2.44. The third-order valence-corrected chi connectivity index (χ3v) is 8.97. The number of sulfonamides is 1. The second-order valence-electron chi connectivity index (χ2n) is 7.28. The summed E-state index contributed by atoms with van der Waals surface area (Å²) in [6.45, 7) is 6.58. The molecule has 3 rings (SSSR count). The van der Waals surface area contributed by atoms with Crippen molar-refractivity contribution in [2.45, 2.75) is 55.1 Å². The number of nitrogens with zero attached hydrogens (tertiary/aromatic N) is 3. The molecule has 30 heavy (non-hydrogen) atoms. The lowest BCUT2D eigenvalue weighted by molar-refractivity contribution is -0.131. The summed E-state index contributed by atoms with van der Waals surface area (Å²) in [6, 6.07) is 4.23. The van der Waals surface area contributed by atoms with E-state index in [1.807, 2.05) is 18.4 Å². The van der Waals surface area contributed by atoms with Gasteiger partial charge in [-0.2, -0.15) is 0 Å². The van der Waals surface area contributed by atoms with Gasteiger partial charge in [0.05, 0.1) is 32.7 Å². The van der Waals surface area contributed by atoms with E-state index in [-0.39, 0.29) is 28.4 Å². The molecule has 1 aromatic carbocycles. The summed E-state index contributed by atoms with van der Waals surface area (Å²) in [5.41, 5.74) is 1.24. The first-order chi connectivity index (χ1) is 14.0. The third-order valence-electron chi connectivity index (χ3n) is 5.23. The molecule has 166 valence electrons. The molecule has 2 heterocycles. The Labute approximate surface area is 181 Å². The van der Waals surface area contributed by atoms with Crippen molar-refractivity contribution in [1.29, 1.82) is 0 Å². The Morgan fingerprint density at radius 2 is 2.10 bits per heavy atom. The van der Waals surface area contributed by atoms with E-state index < -0.39 is 25.1 Å². The first-order valence-corrected chi connectivity index (χ1v) is 13.9. The molecule has 1 amide bonds. The Morgan fingerprint density at radius 1 is 1.40 bits per heavy atom. The zero-order valence-corrected chi connectivity index (χ0v) is 19.6. The van der Waals surface area contributed by atoms with Gasteiger partial charge in [0.1, 0.15) is 0 Å². The Balaban J connectivity index is 1.86. The number of fused-ring (bicyclic) bond motifs is 1. The van der Waals surface area contributed by atoms with Crippen molar-refractivity contribution < 1.29 is 21.6 Å². The second kappa shape index (κ2) is 8.48. The summed E-state index contributed by atoms with van der Waals surface area (Å²) >= 11 is 1.27. The highest BCUT2D eigenvalue weighted by Gasteiger charge is 2.35. The summed E-state index contributed by atoms with van der Waals surface area (Å²) in [5, 5.41) is 5.33. The standard InChI is InChI=1S/C18H26N4O5S3/c1-4-21(13-8-9-29(24,25)11-13)17(23)12(3)28-18-20-15-10-14(30(19,26)27)6-7-16(15)22(18)5-2/h6-7,10,12-13H,4-5,8-9,11H2,1-3H3,(H2,19,26,27)/t12-,13-/m0/s1. The number of thioether (sulfide) groups is 1. The fourth-order valence-corrected chi connectivity index (χ4v) is 7.04. The van der Waals surface area contributed by atoms with Crippen molar-refractivity contribution in [2.24, 2.45) is 5.14 Å². The van der Waals surface area contributed by atoms with Crippen molar-refractivity contribution in [2.75, 3.05) is 18.1 Å². The van der Waals surface area contributed by atoms with E-state index in [4.69, 9.17) is 5.14 Å². The molecule has 2 N–H and O–H groups in total. The fraction of sp³-hybridized carbons (Fsp3) is 0.556. The van der Waals surface area contributed by atoms with Gasteiger partial charge in [0, 0.05) is 19.1 Å². The van der Waals surface area contributed by atoms with Crippen LogP contribution in [0.25, 0.3) is 11.0 Å². The van der Waals surface area contributed by atoms with Gasteiger partial charge in [-0.15, -0.1) is 0 Å². The maximum Gasteiger partial charge on any atom is 0.238 e. The van der Waals surface area contributed by atoms with Crippen molar-refractivity contribution in [1.82, 2.24) is 14.5 Å². The van der Waals surface area contributed by atoms with Crippen molar-refractivity contribution in [3.05, 3.63) is 18.2 Å². The Morgan fingerprint density at radius 3 is 2.63 bits per heavy atom. The molecule has 2 aromatic rings. The minimum Gasteiger partial charge on any atom is -0.338 e. The molecule has 0 radical (unpaired) electrons. The van der Waals surface area contributed by atoms with Gasteiger partial charge in [-0.1, -0.05) is 11.8 Å². The molecule has 0 bridgehead atoms. The van der Waals surface area contributed by atoms with Crippen LogP contribution in [0.1, 0.15) is 27.2 Å². The average molecular weight is 475 g/mol. The molecule has 0 spiro atoms. The number of hydrogen-bond acceptors (Lipinski definition) is 7. The van der Waals surface area contributed by atoms with Gasteiger partial charge in [-0.25, -0.2) is 27.0 Å². The Kier molecular flexibility index (Phi) is 6.51. The predicted molar refractivity (Wildman–Crippen MR) is 117 cm³/mol. The normalized spacial score (nSPS) is 19.8. The Hall–Kier alpha value is -1.63. The van der Waals surface area contributed by atoms with Crippen LogP contribution in [0.4, 0.5) is 0 Å². The number of benzene rings is 1. The van der Waals surface area contributed by atoms with E-state index in [0.29, 0.717) is 30.2 Å². The maximum absolute atomic E-state index is 13.1. The SMILES string of the molecule is CCN(C(=O)[C@H](C)Sc1nc2cc(S(N)(=O)=O)ccc2n1CC)[C@H]1CCS(=O)(=O)C1. The molecular weight excluding hydrogens is 448 g/mol. The number of aromatic nitrogens is 2. The summed E-state index contributed by atoms with van der Waals surface area (Å²) < 4.78 is 48.8. The number of rotatable bonds is 7. The Bertz CT molecular complexity index is 1170. The number of imidazole rings is 1. The largest absolute Gasteiger partial charge is 0.338 e. The van der Waals surface area contributed by atoms with Crippen molar-refractivity contribution >= 4 is 48.6 Å².